The van der Waals surface area contributed by atoms with Crippen molar-refractivity contribution in [2.75, 3.05) is 20.8 Å². The Morgan fingerprint density at radius 2 is 1.91 bits per heavy atom. The number of rotatable bonds is 6. The second-order valence-corrected chi connectivity index (χ2v) is 5.30. The fourth-order valence-electron chi connectivity index (χ4n) is 2.63. The number of carbonyl (C=O) groups is 2. The molecule has 0 bridgehead atoms. The molecule has 22 heavy (non-hydrogen) atoms. The van der Waals surface area contributed by atoms with E-state index in [0.717, 1.165) is 30.6 Å². The van der Waals surface area contributed by atoms with Crippen LogP contribution in [-0.4, -0.2) is 32.6 Å². The molecule has 1 saturated carbocycles. The zero-order valence-corrected chi connectivity index (χ0v) is 12.9. The summed E-state index contributed by atoms with van der Waals surface area (Å²) in [5.41, 5.74) is 0.555. The Labute approximate surface area is 130 Å². The third kappa shape index (κ3) is 3.30. The lowest BCUT2D eigenvalue weighted by molar-refractivity contribution is -0.135. The summed E-state index contributed by atoms with van der Waals surface area (Å²) in [6.45, 7) is 0.311. The number of amides is 1. The minimum absolute atomic E-state index is 0.00145. The third-order valence-electron chi connectivity index (χ3n) is 4.12. The Kier molecular flexibility index (Phi) is 5.20. The van der Waals surface area contributed by atoms with Gasteiger partial charge in [0.15, 0.2) is 0 Å². The van der Waals surface area contributed by atoms with Gasteiger partial charge in [0.25, 0.3) is 0 Å². The summed E-state index contributed by atoms with van der Waals surface area (Å²) in [6, 6.07) is 7.64. The quantitative estimate of drug-likeness (QED) is 0.644. The van der Waals surface area contributed by atoms with Gasteiger partial charge in [-0.15, -0.1) is 0 Å². The van der Waals surface area contributed by atoms with Gasteiger partial charge in [0.1, 0.15) is 5.75 Å². The first-order chi connectivity index (χ1) is 10.6. The molecule has 0 heterocycles. The number of methoxy groups -OCH3 is 2. The SMILES string of the molecule is COC(=O)/C=C/CNC(=O)C1(c2ccc(OC)cc2)CCC1. The highest BCUT2D eigenvalue weighted by Crippen LogP contribution is 2.44. The van der Waals surface area contributed by atoms with Gasteiger partial charge in [0.05, 0.1) is 19.6 Å². The average Bonchev–Trinajstić information content (AvgIpc) is 2.51. The van der Waals surface area contributed by atoms with E-state index in [4.69, 9.17) is 4.74 Å². The molecule has 1 N–H and O–H groups in total. The van der Waals surface area contributed by atoms with Gasteiger partial charge >= 0.3 is 5.97 Å². The van der Waals surface area contributed by atoms with Gasteiger partial charge in [-0.05, 0) is 30.5 Å². The van der Waals surface area contributed by atoms with Crippen LogP contribution in [0.15, 0.2) is 36.4 Å². The zero-order valence-electron chi connectivity index (χ0n) is 12.9. The maximum Gasteiger partial charge on any atom is 0.330 e. The number of carbonyl (C=O) groups excluding carboxylic acids is 2. The molecule has 0 spiro atoms. The van der Waals surface area contributed by atoms with Crippen LogP contribution in [0, 0.1) is 0 Å². The maximum absolute atomic E-state index is 12.5. The standard InChI is InChI=1S/C17H21NO4/c1-21-14-8-6-13(7-9-14)17(10-4-11-17)16(20)18-12-3-5-15(19)22-2/h3,5-9H,4,10-12H2,1-2H3,(H,18,20)/b5-3+. The third-order valence-corrected chi connectivity index (χ3v) is 4.12. The summed E-state index contributed by atoms with van der Waals surface area (Å²) in [6.07, 6.45) is 5.61. The van der Waals surface area contributed by atoms with Crippen LogP contribution in [0.2, 0.25) is 0 Å². The maximum atomic E-state index is 12.5. The molecule has 0 atom stereocenters. The molecule has 118 valence electrons. The second kappa shape index (κ2) is 7.11. The van der Waals surface area contributed by atoms with E-state index in [9.17, 15) is 9.59 Å². The molecular weight excluding hydrogens is 282 g/mol. The van der Waals surface area contributed by atoms with Gasteiger partial charge in [-0.3, -0.25) is 4.79 Å². The molecule has 0 aromatic heterocycles. The van der Waals surface area contributed by atoms with Gasteiger partial charge in [-0.1, -0.05) is 24.6 Å². The van der Waals surface area contributed by atoms with Crippen LogP contribution in [0.5, 0.6) is 5.75 Å². The summed E-state index contributed by atoms with van der Waals surface area (Å²) in [7, 11) is 2.94. The van der Waals surface area contributed by atoms with Gasteiger partial charge in [-0.25, -0.2) is 4.79 Å². The molecule has 1 aromatic carbocycles. The lowest BCUT2D eigenvalue weighted by atomic mass is 9.64. The Morgan fingerprint density at radius 1 is 1.23 bits per heavy atom. The Bertz CT molecular complexity index is 559. The predicted molar refractivity (Wildman–Crippen MR) is 82.7 cm³/mol. The van der Waals surface area contributed by atoms with Gasteiger partial charge in [0, 0.05) is 12.6 Å². The van der Waals surface area contributed by atoms with Crippen molar-refractivity contribution in [3.8, 4) is 5.75 Å². The van der Waals surface area contributed by atoms with Crippen molar-refractivity contribution in [2.24, 2.45) is 0 Å². The summed E-state index contributed by atoms with van der Waals surface area (Å²) in [5.74, 6) is 0.348. The highest BCUT2D eigenvalue weighted by atomic mass is 16.5. The molecule has 5 nitrogen and oxygen atoms in total. The molecule has 0 aliphatic heterocycles. The number of ether oxygens (including phenoxy) is 2. The molecule has 1 amide bonds. The van der Waals surface area contributed by atoms with E-state index in [0.29, 0.717) is 6.54 Å². The molecule has 1 fully saturated rings. The Balaban J connectivity index is 2.01. The summed E-state index contributed by atoms with van der Waals surface area (Å²) in [5, 5.41) is 2.87. The van der Waals surface area contributed by atoms with Crippen molar-refractivity contribution >= 4 is 11.9 Å². The normalized spacial score (nSPS) is 15.9. The fraction of sp³-hybridized carbons (Fsp3) is 0.412. The Hall–Kier alpha value is -2.30. The van der Waals surface area contributed by atoms with E-state index in [-0.39, 0.29) is 5.91 Å². The first-order valence-corrected chi connectivity index (χ1v) is 7.30. The molecule has 0 saturated heterocycles. The minimum Gasteiger partial charge on any atom is -0.497 e. The summed E-state index contributed by atoms with van der Waals surface area (Å²) < 4.78 is 9.65. The number of hydrogen-bond donors (Lipinski definition) is 1. The van der Waals surface area contributed by atoms with E-state index in [1.165, 1.54) is 13.2 Å². The lowest BCUT2D eigenvalue weighted by Gasteiger charge is -2.40. The van der Waals surface area contributed by atoms with Crippen molar-refractivity contribution in [2.45, 2.75) is 24.7 Å². The van der Waals surface area contributed by atoms with Crippen molar-refractivity contribution < 1.29 is 19.1 Å². The molecule has 2 rings (SSSR count). The van der Waals surface area contributed by atoms with Crippen LogP contribution in [0.4, 0.5) is 0 Å². The molecule has 1 aromatic rings. The molecule has 1 aliphatic carbocycles. The van der Waals surface area contributed by atoms with Crippen molar-refractivity contribution in [3.05, 3.63) is 42.0 Å². The molecule has 0 radical (unpaired) electrons. The summed E-state index contributed by atoms with van der Waals surface area (Å²) >= 11 is 0. The number of hydrogen-bond acceptors (Lipinski definition) is 4. The largest absolute Gasteiger partial charge is 0.497 e. The van der Waals surface area contributed by atoms with E-state index in [1.807, 2.05) is 24.3 Å². The molecule has 0 unspecified atom stereocenters. The van der Waals surface area contributed by atoms with E-state index >= 15 is 0 Å². The van der Waals surface area contributed by atoms with Crippen molar-refractivity contribution in [3.63, 3.8) is 0 Å². The Morgan fingerprint density at radius 3 is 2.41 bits per heavy atom. The van der Waals surface area contributed by atoms with Crippen LogP contribution in [0.25, 0.3) is 0 Å². The predicted octanol–water partition coefficient (Wildman–Crippen LogP) is 1.96. The van der Waals surface area contributed by atoms with Crippen LogP contribution >= 0.6 is 0 Å². The van der Waals surface area contributed by atoms with Gasteiger partial charge in [-0.2, -0.15) is 0 Å². The van der Waals surface area contributed by atoms with Crippen LogP contribution in [0.1, 0.15) is 24.8 Å². The van der Waals surface area contributed by atoms with Crippen LogP contribution in [-0.2, 0) is 19.7 Å². The molecule has 1 aliphatic rings. The molecule has 5 heteroatoms. The number of esters is 1. The van der Waals surface area contributed by atoms with Crippen molar-refractivity contribution in [1.82, 2.24) is 5.32 Å². The lowest BCUT2D eigenvalue weighted by Crippen LogP contribution is -2.49. The van der Waals surface area contributed by atoms with Crippen LogP contribution in [0.3, 0.4) is 0 Å². The minimum atomic E-state index is -0.453. The smallest absolute Gasteiger partial charge is 0.330 e. The first-order valence-electron chi connectivity index (χ1n) is 7.30. The van der Waals surface area contributed by atoms with E-state index in [1.54, 1.807) is 13.2 Å². The van der Waals surface area contributed by atoms with E-state index < -0.39 is 11.4 Å². The zero-order chi connectivity index (χ0) is 16.0. The van der Waals surface area contributed by atoms with Gasteiger partial charge in [0.2, 0.25) is 5.91 Å². The average molecular weight is 303 g/mol. The van der Waals surface area contributed by atoms with Crippen LogP contribution < -0.4 is 10.1 Å². The summed E-state index contributed by atoms with van der Waals surface area (Å²) in [4.78, 5) is 23.5. The highest BCUT2D eigenvalue weighted by Gasteiger charge is 2.45. The van der Waals surface area contributed by atoms with Crippen molar-refractivity contribution in [1.29, 1.82) is 0 Å². The first kappa shape index (κ1) is 16.1. The number of benzene rings is 1. The number of nitrogens with one attached hydrogen (secondary N) is 1. The monoisotopic (exact) mass is 303 g/mol. The van der Waals surface area contributed by atoms with E-state index in [2.05, 4.69) is 10.1 Å². The fourth-order valence-corrected chi connectivity index (χ4v) is 2.63. The van der Waals surface area contributed by atoms with Gasteiger partial charge < -0.3 is 14.8 Å². The highest BCUT2D eigenvalue weighted by molar-refractivity contribution is 5.89. The topological polar surface area (TPSA) is 64.6 Å². The molecular formula is C17H21NO4. The second-order valence-electron chi connectivity index (χ2n) is 5.30.